The number of amides is 2. The van der Waals surface area contributed by atoms with Crippen molar-refractivity contribution in [3.8, 4) is 0 Å². The molecule has 0 saturated heterocycles. The summed E-state index contributed by atoms with van der Waals surface area (Å²) in [7, 11) is 3.27. The fourth-order valence-electron chi connectivity index (χ4n) is 3.08. The lowest BCUT2D eigenvalue weighted by Gasteiger charge is -2.17. The minimum atomic E-state index is -1.00. The zero-order valence-corrected chi connectivity index (χ0v) is 18.1. The monoisotopic (exact) mass is 451 g/mol. The van der Waals surface area contributed by atoms with Crippen LogP contribution in [0.4, 0.5) is 20.4 Å². The molecular weight excluding hydrogens is 428 g/mol. The Bertz CT molecular complexity index is 1120. The van der Waals surface area contributed by atoms with Gasteiger partial charge in [-0.1, -0.05) is 30.4 Å². The van der Waals surface area contributed by atoms with Gasteiger partial charge in [0.05, 0.1) is 0 Å². The zero-order chi connectivity index (χ0) is 23.8. The Morgan fingerprint density at radius 1 is 1.03 bits per heavy atom. The highest BCUT2D eigenvalue weighted by atomic mass is 19.1. The van der Waals surface area contributed by atoms with Gasteiger partial charge in [0.25, 0.3) is 5.91 Å². The van der Waals surface area contributed by atoms with E-state index in [2.05, 4.69) is 20.6 Å². The van der Waals surface area contributed by atoms with E-state index in [1.165, 1.54) is 7.05 Å². The molecule has 0 bridgehead atoms. The minimum Gasteiger partial charge on any atom is -0.357 e. The van der Waals surface area contributed by atoms with Gasteiger partial charge in [-0.3, -0.25) is 9.59 Å². The highest BCUT2D eigenvalue weighted by Gasteiger charge is 2.23. The smallest absolute Gasteiger partial charge is 0.257 e. The van der Waals surface area contributed by atoms with Crippen LogP contribution < -0.4 is 15.5 Å². The molecule has 2 aromatic carbocycles. The van der Waals surface area contributed by atoms with Crippen LogP contribution in [0.25, 0.3) is 6.08 Å². The summed E-state index contributed by atoms with van der Waals surface area (Å²) < 4.78 is 27.8. The second-order valence-electron chi connectivity index (χ2n) is 7.07. The summed E-state index contributed by atoms with van der Waals surface area (Å²) in [6.45, 7) is 0. The first-order chi connectivity index (χ1) is 15.9. The van der Waals surface area contributed by atoms with Crippen molar-refractivity contribution in [1.29, 1.82) is 0 Å². The third-order valence-corrected chi connectivity index (χ3v) is 4.87. The molecule has 1 heterocycles. The fraction of sp³-hybridized carbons (Fsp3) is 0.167. The maximum absolute atomic E-state index is 13.9. The van der Waals surface area contributed by atoms with Crippen molar-refractivity contribution in [2.75, 3.05) is 19.0 Å². The predicted octanol–water partition coefficient (Wildman–Crippen LogP) is 3.47. The van der Waals surface area contributed by atoms with E-state index >= 15 is 0 Å². The van der Waals surface area contributed by atoms with Crippen LogP contribution in [0.5, 0.6) is 0 Å². The first-order valence-electron chi connectivity index (χ1n) is 10.1. The number of benzene rings is 2. The molecule has 0 aliphatic rings. The Labute approximate surface area is 190 Å². The molecule has 3 rings (SSSR count). The van der Waals surface area contributed by atoms with Gasteiger partial charge in [0.1, 0.15) is 23.2 Å². The van der Waals surface area contributed by atoms with Crippen LogP contribution in [-0.2, 0) is 4.79 Å². The number of anilines is 2. The average molecular weight is 451 g/mol. The molecule has 2 N–H and O–H groups in total. The van der Waals surface area contributed by atoms with Crippen LogP contribution in [0.15, 0.2) is 67.0 Å². The van der Waals surface area contributed by atoms with Crippen LogP contribution in [0, 0.1) is 11.6 Å². The number of hydrogen-bond acceptors (Lipinski definition) is 5. The molecule has 1 unspecified atom stereocenters. The number of rotatable bonds is 8. The van der Waals surface area contributed by atoms with Crippen LogP contribution in [0.2, 0.25) is 0 Å². The number of halogens is 2. The van der Waals surface area contributed by atoms with E-state index in [-0.39, 0.29) is 6.42 Å². The Hall–Kier alpha value is -4.14. The SMILES string of the molecule is CNC(=O)C(CC=Cc1ccc(N(C)c2ncccn2)cc1)NC(=O)c1c(F)cccc1F. The van der Waals surface area contributed by atoms with Crippen LogP contribution in [0.3, 0.4) is 0 Å². The zero-order valence-electron chi connectivity index (χ0n) is 18.1. The predicted molar refractivity (Wildman–Crippen MR) is 122 cm³/mol. The Morgan fingerprint density at radius 3 is 2.27 bits per heavy atom. The number of nitrogens with zero attached hydrogens (tertiary/aromatic N) is 3. The number of aromatic nitrogens is 2. The number of carbonyl (C=O) groups excluding carboxylic acids is 2. The van der Waals surface area contributed by atoms with Gasteiger partial charge in [0.15, 0.2) is 0 Å². The summed E-state index contributed by atoms with van der Waals surface area (Å²) in [6, 6.07) is 11.4. The lowest BCUT2D eigenvalue weighted by atomic mass is 10.1. The van der Waals surface area contributed by atoms with Crippen molar-refractivity contribution in [2.45, 2.75) is 12.5 Å². The van der Waals surface area contributed by atoms with Crippen LogP contribution in [-0.4, -0.2) is 41.9 Å². The van der Waals surface area contributed by atoms with Crippen molar-refractivity contribution in [1.82, 2.24) is 20.6 Å². The van der Waals surface area contributed by atoms with Gasteiger partial charge < -0.3 is 15.5 Å². The maximum atomic E-state index is 13.9. The summed E-state index contributed by atoms with van der Waals surface area (Å²) in [5, 5.41) is 4.83. The first kappa shape index (κ1) is 23.5. The second-order valence-corrected chi connectivity index (χ2v) is 7.07. The standard InChI is InChI=1S/C24H23F2N5O2/c1-27-22(32)20(30-23(33)21-18(25)7-4-8-19(21)26)9-3-6-16-10-12-17(13-11-16)31(2)24-28-14-5-15-29-24/h3-8,10-15,20H,9H2,1-2H3,(H,27,32)(H,30,33). The summed E-state index contributed by atoms with van der Waals surface area (Å²) >= 11 is 0. The lowest BCUT2D eigenvalue weighted by Crippen LogP contribution is -2.45. The second kappa shape index (κ2) is 10.9. The molecule has 0 aliphatic carbocycles. The van der Waals surface area contributed by atoms with Gasteiger partial charge in [-0.2, -0.15) is 0 Å². The molecule has 7 nitrogen and oxygen atoms in total. The quantitative estimate of drug-likeness (QED) is 0.548. The Morgan fingerprint density at radius 2 is 1.67 bits per heavy atom. The number of nitrogens with one attached hydrogen (secondary N) is 2. The van der Waals surface area contributed by atoms with Gasteiger partial charge in [0, 0.05) is 32.2 Å². The van der Waals surface area contributed by atoms with Crippen molar-refractivity contribution >= 4 is 29.5 Å². The van der Waals surface area contributed by atoms with Crippen LogP contribution in [0.1, 0.15) is 22.3 Å². The van der Waals surface area contributed by atoms with Crippen molar-refractivity contribution in [2.24, 2.45) is 0 Å². The molecular formula is C24H23F2N5O2. The third kappa shape index (κ3) is 5.97. The van der Waals surface area contributed by atoms with Crippen molar-refractivity contribution < 1.29 is 18.4 Å². The first-order valence-corrected chi connectivity index (χ1v) is 10.1. The van der Waals surface area contributed by atoms with Crippen LogP contribution >= 0.6 is 0 Å². The molecule has 2 amide bonds. The van der Waals surface area contributed by atoms with Gasteiger partial charge in [-0.05, 0) is 42.3 Å². The van der Waals surface area contributed by atoms with E-state index in [1.807, 2.05) is 36.2 Å². The molecule has 1 atom stereocenters. The number of likely N-dealkylation sites (N-methyl/N-ethyl adjacent to an activating group) is 1. The summed E-state index contributed by atoms with van der Waals surface area (Å²) in [5.74, 6) is -2.90. The van der Waals surface area contributed by atoms with E-state index in [0.29, 0.717) is 5.95 Å². The van der Waals surface area contributed by atoms with E-state index < -0.39 is 35.1 Å². The topological polar surface area (TPSA) is 87.2 Å². The highest BCUT2D eigenvalue weighted by Crippen LogP contribution is 2.20. The molecule has 0 saturated carbocycles. The summed E-state index contributed by atoms with van der Waals surface area (Å²) in [6.07, 6.45) is 6.95. The summed E-state index contributed by atoms with van der Waals surface area (Å²) in [5.41, 5.74) is 1.03. The molecule has 0 spiro atoms. The maximum Gasteiger partial charge on any atom is 0.257 e. The van der Waals surface area contributed by atoms with Crippen molar-refractivity contribution in [3.63, 3.8) is 0 Å². The lowest BCUT2D eigenvalue weighted by molar-refractivity contribution is -0.122. The molecule has 170 valence electrons. The fourth-order valence-corrected chi connectivity index (χ4v) is 3.08. The summed E-state index contributed by atoms with van der Waals surface area (Å²) in [4.78, 5) is 34.8. The molecule has 33 heavy (non-hydrogen) atoms. The van der Waals surface area contributed by atoms with Gasteiger partial charge in [0.2, 0.25) is 11.9 Å². The highest BCUT2D eigenvalue weighted by molar-refractivity contribution is 5.98. The van der Waals surface area contributed by atoms with Gasteiger partial charge >= 0.3 is 0 Å². The molecule has 0 radical (unpaired) electrons. The largest absolute Gasteiger partial charge is 0.357 e. The van der Waals surface area contributed by atoms with Gasteiger partial charge in [-0.25, -0.2) is 18.7 Å². The number of carbonyl (C=O) groups is 2. The van der Waals surface area contributed by atoms with E-state index in [4.69, 9.17) is 0 Å². The van der Waals surface area contributed by atoms with Crippen molar-refractivity contribution in [3.05, 3.63) is 89.8 Å². The number of hydrogen-bond donors (Lipinski definition) is 2. The Kier molecular flexibility index (Phi) is 7.80. The van der Waals surface area contributed by atoms with E-state index in [0.717, 1.165) is 29.4 Å². The minimum absolute atomic E-state index is 0.126. The van der Waals surface area contributed by atoms with Gasteiger partial charge in [-0.15, -0.1) is 0 Å². The van der Waals surface area contributed by atoms with E-state index in [1.54, 1.807) is 30.6 Å². The molecule has 9 heteroatoms. The molecule has 0 aliphatic heterocycles. The molecule has 1 aromatic heterocycles. The Balaban J connectivity index is 1.66. The average Bonchev–Trinajstić information content (AvgIpc) is 2.83. The third-order valence-electron chi connectivity index (χ3n) is 4.87. The van der Waals surface area contributed by atoms with E-state index in [9.17, 15) is 18.4 Å². The molecule has 0 fully saturated rings. The normalized spacial score (nSPS) is 11.8. The molecule has 3 aromatic rings.